The molecule has 0 saturated carbocycles. The minimum Gasteiger partial charge on any atom is -0.481 e. The van der Waals surface area contributed by atoms with Crippen molar-refractivity contribution in [1.82, 2.24) is 14.9 Å². The Hall–Kier alpha value is -1.35. The van der Waals surface area contributed by atoms with Gasteiger partial charge in [0.2, 0.25) is 10.0 Å². The Kier molecular flexibility index (Phi) is 4.75. The second-order valence-corrected chi connectivity index (χ2v) is 6.77. The summed E-state index contributed by atoms with van der Waals surface area (Å²) in [6.07, 6.45) is 1.45. The summed E-state index contributed by atoms with van der Waals surface area (Å²) in [5.74, 6) is -0.915. The number of urea groups is 1. The summed E-state index contributed by atoms with van der Waals surface area (Å²) in [5, 5.41) is 11.6. The van der Waals surface area contributed by atoms with Gasteiger partial charge in [-0.25, -0.2) is 17.9 Å². The molecule has 2 amide bonds. The van der Waals surface area contributed by atoms with Gasteiger partial charge in [0.15, 0.2) is 0 Å². The van der Waals surface area contributed by atoms with E-state index in [0.717, 1.165) is 6.26 Å². The minimum atomic E-state index is -3.26. The van der Waals surface area contributed by atoms with Crippen LogP contribution in [0.1, 0.15) is 13.3 Å². The van der Waals surface area contributed by atoms with E-state index in [-0.39, 0.29) is 25.7 Å². The van der Waals surface area contributed by atoms with E-state index in [4.69, 9.17) is 5.11 Å². The van der Waals surface area contributed by atoms with Crippen molar-refractivity contribution in [3.63, 3.8) is 0 Å². The van der Waals surface area contributed by atoms with Crippen molar-refractivity contribution in [1.29, 1.82) is 0 Å². The molecule has 0 aromatic carbocycles. The Balaban J connectivity index is 2.34. The Bertz CT molecular complexity index is 464. The third-order valence-corrected chi connectivity index (χ3v) is 3.77. The zero-order valence-electron chi connectivity index (χ0n) is 11.0. The SMILES string of the molecule is CC1(C(=O)O)CCN(C(=O)NCCNS(C)(=O)=O)C1. The molecular formula is C10H19N3O5S. The van der Waals surface area contributed by atoms with Gasteiger partial charge in [0.25, 0.3) is 0 Å². The maximum Gasteiger partial charge on any atom is 0.317 e. The standard InChI is InChI=1S/C10H19N3O5S/c1-10(8(14)15)3-6-13(7-10)9(16)11-4-5-12-19(2,17)18/h12H,3-7H2,1-2H3,(H,11,16)(H,14,15). The van der Waals surface area contributed by atoms with Gasteiger partial charge in [0.05, 0.1) is 11.7 Å². The molecule has 110 valence electrons. The lowest BCUT2D eigenvalue weighted by Crippen LogP contribution is -2.43. The summed E-state index contributed by atoms with van der Waals surface area (Å²) in [7, 11) is -3.26. The number of nitrogens with one attached hydrogen (secondary N) is 2. The number of hydrogen-bond acceptors (Lipinski definition) is 4. The molecular weight excluding hydrogens is 274 g/mol. The Morgan fingerprint density at radius 2 is 2.00 bits per heavy atom. The number of carboxylic acids is 1. The first-order valence-electron chi connectivity index (χ1n) is 5.85. The van der Waals surface area contributed by atoms with Gasteiger partial charge in [-0.15, -0.1) is 0 Å². The normalized spacial score (nSPS) is 23.4. The van der Waals surface area contributed by atoms with Gasteiger partial charge in [0.1, 0.15) is 0 Å². The largest absolute Gasteiger partial charge is 0.481 e. The summed E-state index contributed by atoms with van der Waals surface area (Å²) >= 11 is 0. The quantitative estimate of drug-likeness (QED) is 0.565. The monoisotopic (exact) mass is 293 g/mol. The number of rotatable bonds is 5. The van der Waals surface area contributed by atoms with Crippen molar-refractivity contribution in [2.75, 3.05) is 32.4 Å². The molecule has 1 aliphatic rings. The Morgan fingerprint density at radius 3 is 2.47 bits per heavy atom. The topological polar surface area (TPSA) is 116 Å². The van der Waals surface area contributed by atoms with Crippen molar-refractivity contribution in [2.45, 2.75) is 13.3 Å². The summed E-state index contributed by atoms with van der Waals surface area (Å²) < 4.78 is 23.8. The molecule has 0 aliphatic carbocycles. The number of sulfonamides is 1. The van der Waals surface area contributed by atoms with Gasteiger partial charge in [0, 0.05) is 26.2 Å². The molecule has 19 heavy (non-hydrogen) atoms. The first kappa shape index (κ1) is 15.7. The average molecular weight is 293 g/mol. The molecule has 0 spiro atoms. The molecule has 1 aliphatic heterocycles. The smallest absolute Gasteiger partial charge is 0.317 e. The van der Waals surface area contributed by atoms with Crippen LogP contribution >= 0.6 is 0 Å². The molecule has 8 nitrogen and oxygen atoms in total. The fourth-order valence-corrected chi connectivity index (χ4v) is 2.30. The van der Waals surface area contributed by atoms with Crippen LogP contribution in [0.2, 0.25) is 0 Å². The number of aliphatic carboxylic acids is 1. The molecule has 0 bridgehead atoms. The third-order valence-electron chi connectivity index (χ3n) is 3.04. The van der Waals surface area contributed by atoms with E-state index >= 15 is 0 Å². The number of likely N-dealkylation sites (tertiary alicyclic amines) is 1. The number of carbonyl (C=O) groups excluding carboxylic acids is 1. The maximum absolute atomic E-state index is 11.7. The second kappa shape index (κ2) is 5.74. The van der Waals surface area contributed by atoms with Gasteiger partial charge in [-0.3, -0.25) is 4.79 Å². The molecule has 1 rings (SSSR count). The van der Waals surface area contributed by atoms with Crippen molar-refractivity contribution in [3.05, 3.63) is 0 Å². The van der Waals surface area contributed by atoms with Gasteiger partial charge in [-0.1, -0.05) is 0 Å². The molecule has 9 heteroatoms. The zero-order chi connectivity index (χ0) is 14.7. The highest BCUT2D eigenvalue weighted by atomic mass is 32.2. The second-order valence-electron chi connectivity index (χ2n) is 4.94. The van der Waals surface area contributed by atoms with E-state index < -0.39 is 21.4 Å². The van der Waals surface area contributed by atoms with Crippen LogP contribution < -0.4 is 10.0 Å². The van der Waals surface area contributed by atoms with Crippen molar-refractivity contribution in [3.8, 4) is 0 Å². The number of carbonyl (C=O) groups is 2. The zero-order valence-corrected chi connectivity index (χ0v) is 11.8. The lowest BCUT2D eigenvalue weighted by atomic mass is 9.90. The predicted octanol–water partition coefficient (Wildman–Crippen LogP) is -0.958. The average Bonchev–Trinajstić information content (AvgIpc) is 2.67. The number of hydrogen-bond donors (Lipinski definition) is 3. The number of carboxylic acid groups (broad SMARTS) is 1. The summed E-state index contributed by atoms with van der Waals surface area (Å²) in [5.41, 5.74) is -0.900. The number of nitrogens with zero attached hydrogens (tertiary/aromatic N) is 1. The van der Waals surface area contributed by atoms with Crippen LogP contribution in [0.3, 0.4) is 0 Å². The van der Waals surface area contributed by atoms with Crippen LogP contribution in [0.15, 0.2) is 0 Å². The molecule has 1 fully saturated rings. The van der Waals surface area contributed by atoms with E-state index in [1.165, 1.54) is 4.90 Å². The third kappa shape index (κ3) is 4.67. The fourth-order valence-electron chi connectivity index (χ4n) is 1.83. The molecule has 1 heterocycles. The van der Waals surface area contributed by atoms with E-state index in [2.05, 4.69) is 10.0 Å². The van der Waals surface area contributed by atoms with Gasteiger partial charge >= 0.3 is 12.0 Å². The van der Waals surface area contributed by atoms with Crippen molar-refractivity contribution < 1.29 is 23.1 Å². The van der Waals surface area contributed by atoms with E-state index in [1.54, 1.807) is 6.92 Å². The highest BCUT2D eigenvalue weighted by molar-refractivity contribution is 7.88. The predicted molar refractivity (Wildman–Crippen MR) is 68.2 cm³/mol. The molecule has 3 N–H and O–H groups in total. The van der Waals surface area contributed by atoms with Crippen LogP contribution in [0.4, 0.5) is 4.79 Å². The minimum absolute atomic E-state index is 0.106. The van der Waals surface area contributed by atoms with Gasteiger partial charge < -0.3 is 15.3 Å². The summed E-state index contributed by atoms with van der Waals surface area (Å²) in [6, 6.07) is -0.375. The molecule has 0 radical (unpaired) electrons. The Morgan fingerprint density at radius 1 is 1.37 bits per heavy atom. The van der Waals surface area contributed by atoms with E-state index in [0.29, 0.717) is 13.0 Å². The molecule has 0 aromatic heterocycles. The fraction of sp³-hybridized carbons (Fsp3) is 0.800. The van der Waals surface area contributed by atoms with Crippen LogP contribution in [-0.2, 0) is 14.8 Å². The van der Waals surface area contributed by atoms with Crippen molar-refractivity contribution >= 4 is 22.0 Å². The molecule has 1 unspecified atom stereocenters. The Labute approximate surface area is 112 Å². The maximum atomic E-state index is 11.7. The van der Waals surface area contributed by atoms with Crippen molar-refractivity contribution in [2.24, 2.45) is 5.41 Å². The highest BCUT2D eigenvalue weighted by Crippen LogP contribution is 2.29. The summed E-state index contributed by atoms with van der Waals surface area (Å²) in [4.78, 5) is 24.2. The van der Waals surface area contributed by atoms with Crippen LogP contribution in [0.5, 0.6) is 0 Å². The van der Waals surface area contributed by atoms with Crippen LogP contribution in [0.25, 0.3) is 0 Å². The molecule has 1 saturated heterocycles. The summed E-state index contributed by atoms with van der Waals surface area (Å²) in [6.45, 7) is 2.41. The molecule has 0 aromatic rings. The highest BCUT2D eigenvalue weighted by Gasteiger charge is 2.42. The lowest BCUT2D eigenvalue weighted by Gasteiger charge is -2.20. The lowest BCUT2D eigenvalue weighted by molar-refractivity contribution is -0.147. The first-order chi connectivity index (χ1) is 8.64. The molecule has 1 atom stereocenters. The first-order valence-corrected chi connectivity index (χ1v) is 7.74. The van der Waals surface area contributed by atoms with E-state index in [1.807, 2.05) is 0 Å². The van der Waals surface area contributed by atoms with Gasteiger partial charge in [-0.2, -0.15) is 0 Å². The van der Waals surface area contributed by atoms with Gasteiger partial charge in [-0.05, 0) is 13.3 Å². The van der Waals surface area contributed by atoms with E-state index in [9.17, 15) is 18.0 Å². The number of amides is 2. The van der Waals surface area contributed by atoms with Crippen LogP contribution in [0, 0.1) is 5.41 Å². The van der Waals surface area contributed by atoms with Crippen LogP contribution in [-0.4, -0.2) is 62.9 Å².